The first-order valence-electron chi connectivity index (χ1n) is 3.85. The fourth-order valence-electron chi connectivity index (χ4n) is 1.57. The fraction of sp³-hybridized carbons (Fsp3) is 0.778. The second kappa shape index (κ2) is 2.64. The molecule has 1 heterocycles. The standard InChI is InChI=1S/C9H15N/c1-4-7-10-8-5-6-9(10,2)3/h1H,5-8H2,2-3H3. The van der Waals surface area contributed by atoms with Crippen LogP contribution in [0.25, 0.3) is 0 Å². The van der Waals surface area contributed by atoms with E-state index in [1.54, 1.807) is 0 Å². The van der Waals surface area contributed by atoms with E-state index in [9.17, 15) is 0 Å². The highest BCUT2D eigenvalue weighted by Crippen LogP contribution is 2.26. The maximum atomic E-state index is 5.24. The fourth-order valence-corrected chi connectivity index (χ4v) is 1.57. The van der Waals surface area contributed by atoms with E-state index in [2.05, 4.69) is 24.7 Å². The molecule has 1 rings (SSSR count). The lowest BCUT2D eigenvalue weighted by atomic mass is 10.0. The van der Waals surface area contributed by atoms with Crippen LogP contribution < -0.4 is 0 Å². The van der Waals surface area contributed by atoms with Crippen molar-refractivity contribution in [3.63, 3.8) is 0 Å². The van der Waals surface area contributed by atoms with Crippen molar-refractivity contribution in [2.45, 2.75) is 32.2 Å². The monoisotopic (exact) mass is 137 g/mol. The Morgan fingerprint density at radius 1 is 1.60 bits per heavy atom. The molecule has 1 nitrogen and oxygen atoms in total. The molecule has 0 radical (unpaired) electrons. The van der Waals surface area contributed by atoms with Crippen molar-refractivity contribution >= 4 is 0 Å². The summed E-state index contributed by atoms with van der Waals surface area (Å²) >= 11 is 0. The molecule has 10 heavy (non-hydrogen) atoms. The highest BCUT2D eigenvalue weighted by atomic mass is 15.2. The van der Waals surface area contributed by atoms with Gasteiger partial charge in [0.2, 0.25) is 0 Å². The summed E-state index contributed by atoms with van der Waals surface area (Å²) in [5, 5.41) is 0. The second-order valence-electron chi connectivity index (χ2n) is 3.54. The molecule has 0 aromatic rings. The minimum Gasteiger partial charge on any atom is -0.287 e. The van der Waals surface area contributed by atoms with E-state index < -0.39 is 0 Å². The zero-order valence-electron chi connectivity index (χ0n) is 6.85. The van der Waals surface area contributed by atoms with Gasteiger partial charge in [0.1, 0.15) is 0 Å². The molecule has 1 aliphatic heterocycles. The lowest BCUT2D eigenvalue weighted by Crippen LogP contribution is -2.38. The second-order valence-corrected chi connectivity index (χ2v) is 3.54. The van der Waals surface area contributed by atoms with Crippen LogP contribution in [0.2, 0.25) is 0 Å². The molecule has 0 saturated carbocycles. The summed E-state index contributed by atoms with van der Waals surface area (Å²) in [5.74, 6) is 2.69. The predicted molar refractivity (Wildman–Crippen MR) is 43.7 cm³/mol. The third-order valence-corrected chi connectivity index (χ3v) is 2.35. The Balaban J connectivity index is 2.53. The van der Waals surface area contributed by atoms with Gasteiger partial charge in [-0.3, -0.25) is 4.90 Å². The molecule has 0 aromatic heterocycles. The third kappa shape index (κ3) is 1.33. The largest absolute Gasteiger partial charge is 0.287 e. The molecule has 0 atom stereocenters. The van der Waals surface area contributed by atoms with Gasteiger partial charge in [0.15, 0.2) is 0 Å². The van der Waals surface area contributed by atoms with Crippen molar-refractivity contribution in [3.8, 4) is 12.3 Å². The summed E-state index contributed by atoms with van der Waals surface area (Å²) in [6.45, 7) is 6.51. The summed E-state index contributed by atoms with van der Waals surface area (Å²) < 4.78 is 0. The van der Waals surface area contributed by atoms with Gasteiger partial charge in [0.05, 0.1) is 6.54 Å². The summed E-state index contributed by atoms with van der Waals surface area (Å²) in [7, 11) is 0. The van der Waals surface area contributed by atoms with Gasteiger partial charge >= 0.3 is 0 Å². The molecule has 1 saturated heterocycles. The van der Waals surface area contributed by atoms with Crippen LogP contribution in [0.3, 0.4) is 0 Å². The van der Waals surface area contributed by atoms with Gasteiger partial charge in [-0.2, -0.15) is 0 Å². The molecule has 0 aliphatic carbocycles. The molecule has 0 bridgehead atoms. The van der Waals surface area contributed by atoms with Crippen LogP contribution >= 0.6 is 0 Å². The van der Waals surface area contributed by atoms with Crippen LogP contribution in [0, 0.1) is 12.3 Å². The quantitative estimate of drug-likeness (QED) is 0.495. The molecule has 1 heteroatoms. The van der Waals surface area contributed by atoms with E-state index in [1.165, 1.54) is 19.4 Å². The minimum absolute atomic E-state index is 0.354. The maximum absolute atomic E-state index is 5.24. The number of likely N-dealkylation sites (tertiary alicyclic amines) is 1. The summed E-state index contributed by atoms with van der Waals surface area (Å²) in [4.78, 5) is 2.37. The molecule has 0 amide bonds. The number of terminal acetylenes is 1. The first kappa shape index (κ1) is 7.63. The molecule has 56 valence electrons. The molecule has 0 spiro atoms. The zero-order chi connectivity index (χ0) is 7.61. The van der Waals surface area contributed by atoms with Gasteiger partial charge in [-0.25, -0.2) is 0 Å². The highest BCUT2D eigenvalue weighted by molar-refractivity contribution is 4.96. The molecule has 0 aromatic carbocycles. The van der Waals surface area contributed by atoms with Crippen LogP contribution in [-0.2, 0) is 0 Å². The maximum Gasteiger partial charge on any atom is 0.0603 e. The van der Waals surface area contributed by atoms with Crippen LogP contribution in [0.15, 0.2) is 0 Å². The van der Waals surface area contributed by atoms with Crippen molar-refractivity contribution in [1.82, 2.24) is 4.90 Å². The van der Waals surface area contributed by atoms with Crippen molar-refractivity contribution in [2.24, 2.45) is 0 Å². The number of hydrogen-bond acceptors (Lipinski definition) is 1. The first-order chi connectivity index (χ1) is 4.67. The Labute approximate surface area is 63.4 Å². The van der Waals surface area contributed by atoms with Crippen molar-refractivity contribution in [3.05, 3.63) is 0 Å². The van der Waals surface area contributed by atoms with E-state index in [0.717, 1.165) is 6.54 Å². The van der Waals surface area contributed by atoms with E-state index >= 15 is 0 Å². The Morgan fingerprint density at radius 2 is 2.30 bits per heavy atom. The molecule has 1 fully saturated rings. The Bertz CT molecular complexity index is 153. The topological polar surface area (TPSA) is 3.24 Å². The van der Waals surface area contributed by atoms with E-state index in [4.69, 9.17) is 6.42 Å². The normalized spacial score (nSPS) is 24.5. The van der Waals surface area contributed by atoms with Gasteiger partial charge in [-0.15, -0.1) is 6.42 Å². The summed E-state index contributed by atoms with van der Waals surface area (Å²) in [6.07, 6.45) is 7.82. The zero-order valence-corrected chi connectivity index (χ0v) is 6.85. The number of nitrogens with zero attached hydrogens (tertiary/aromatic N) is 1. The van der Waals surface area contributed by atoms with Crippen LogP contribution in [0.4, 0.5) is 0 Å². The molecular weight excluding hydrogens is 122 g/mol. The van der Waals surface area contributed by atoms with Crippen molar-refractivity contribution < 1.29 is 0 Å². The SMILES string of the molecule is C#CCN1CCCC1(C)C. The first-order valence-corrected chi connectivity index (χ1v) is 3.85. The van der Waals surface area contributed by atoms with Gasteiger partial charge < -0.3 is 0 Å². The van der Waals surface area contributed by atoms with Crippen molar-refractivity contribution in [2.75, 3.05) is 13.1 Å². The van der Waals surface area contributed by atoms with E-state index in [1.807, 2.05) is 0 Å². The minimum atomic E-state index is 0.354. The average Bonchev–Trinajstić information content (AvgIpc) is 2.13. The van der Waals surface area contributed by atoms with E-state index in [-0.39, 0.29) is 0 Å². The van der Waals surface area contributed by atoms with Gasteiger partial charge in [-0.05, 0) is 33.2 Å². The Hall–Kier alpha value is -0.480. The lowest BCUT2D eigenvalue weighted by molar-refractivity contribution is 0.198. The predicted octanol–water partition coefficient (Wildman–Crippen LogP) is 1.49. The van der Waals surface area contributed by atoms with Gasteiger partial charge in [0.25, 0.3) is 0 Å². The highest BCUT2D eigenvalue weighted by Gasteiger charge is 2.30. The molecule has 0 N–H and O–H groups in total. The third-order valence-electron chi connectivity index (χ3n) is 2.35. The summed E-state index contributed by atoms with van der Waals surface area (Å²) in [5.41, 5.74) is 0.354. The van der Waals surface area contributed by atoms with E-state index in [0.29, 0.717) is 5.54 Å². The lowest BCUT2D eigenvalue weighted by Gasteiger charge is -2.29. The average molecular weight is 137 g/mol. The molecule has 1 aliphatic rings. The van der Waals surface area contributed by atoms with Gasteiger partial charge in [0, 0.05) is 5.54 Å². The smallest absolute Gasteiger partial charge is 0.0603 e. The number of rotatable bonds is 1. The van der Waals surface area contributed by atoms with Crippen LogP contribution in [0.1, 0.15) is 26.7 Å². The Morgan fingerprint density at radius 3 is 2.70 bits per heavy atom. The molecular formula is C9H15N. The Kier molecular flexibility index (Phi) is 2.01. The van der Waals surface area contributed by atoms with Crippen molar-refractivity contribution in [1.29, 1.82) is 0 Å². The van der Waals surface area contributed by atoms with Crippen LogP contribution in [0.5, 0.6) is 0 Å². The van der Waals surface area contributed by atoms with Crippen LogP contribution in [-0.4, -0.2) is 23.5 Å². The summed E-state index contributed by atoms with van der Waals surface area (Å²) in [6, 6.07) is 0. The molecule has 0 unspecified atom stereocenters. The van der Waals surface area contributed by atoms with Gasteiger partial charge in [-0.1, -0.05) is 5.92 Å². The number of hydrogen-bond donors (Lipinski definition) is 0.